The minimum absolute atomic E-state index is 0.323. The lowest BCUT2D eigenvalue weighted by Crippen LogP contribution is -2.23. The molecule has 1 N–H and O–H groups in total. The van der Waals surface area contributed by atoms with Crippen LogP contribution in [-0.2, 0) is 0 Å². The second-order valence-corrected chi connectivity index (χ2v) is 4.69. The molecule has 16 heavy (non-hydrogen) atoms. The predicted octanol–water partition coefficient (Wildman–Crippen LogP) is 2.71. The summed E-state index contributed by atoms with van der Waals surface area (Å²) in [4.78, 5) is 8.68. The molecule has 0 aromatic carbocycles. The van der Waals surface area contributed by atoms with Gasteiger partial charge in [-0.2, -0.15) is 0 Å². The van der Waals surface area contributed by atoms with Gasteiger partial charge in [-0.05, 0) is 25.5 Å². The maximum atomic E-state index is 4.34. The summed E-state index contributed by atoms with van der Waals surface area (Å²) in [5.74, 6) is 1.80. The van der Waals surface area contributed by atoms with Gasteiger partial charge in [0.05, 0.1) is 6.04 Å². The van der Waals surface area contributed by atoms with Gasteiger partial charge in [0.1, 0.15) is 5.82 Å². The van der Waals surface area contributed by atoms with E-state index in [2.05, 4.69) is 15.3 Å². The van der Waals surface area contributed by atoms with E-state index in [1.165, 1.54) is 38.5 Å². The molecule has 1 heterocycles. The number of nitrogens with one attached hydrogen (secondary N) is 1. The third-order valence-electron chi connectivity index (χ3n) is 3.54. The van der Waals surface area contributed by atoms with Crippen LogP contribution in [0.3, 0.4) is 0 Å². The maximum Gasteiger partial charge on any atom is 0.145 e. The first-order chi connectivity index (χ1) is 7.90. The number of rotatable bonds is 4. The molecule has 88 valence electrons. The van der Waals surface area contributed by atoms with E-state index in [4.69, 9.17) is 0 Å². The molecule has 1 fully saturated rings. The molecule has 3 nitrogen and oxygen atoms in total. The Morgan fingerprint density at radius 3 is 2.56 bits per heavy atom. The van der Waals surface area contributed by atoms with E-state index < -0.39 is 0 Å². The molecular formula is C13H21N3. The molecule has 2 rings (SSSR count). The fourth-order valence-electron chi connectivity index (χ4n) is 2.60. The van der Waals surface area contributed by atoms with E-state index in [0.29, 0.717) is 6.04 Å². The molecule has 1 aromatic rings. The number of hydrogen-bond acceptors (Lipinski definition) is 3. The molecule has 1 unspecified atom stereocenters. The minimum Gasteiger partial charge on any atom is -0.310 e. The Morgan fingerprint density at radius 2 is 1.94 bits per heavy atom. The first-order valence-electron chi connectivity index (χ1n) is 6.34. The fraction of sp³-hybridized carbons (Fsp3) is 0.692. The molecular weight excluding hydrogens is 198 g/mol. The Hall–Kier alpha value is -0.960. The van der Waals surface area contributed by atoms with E-state index in [-0.39, 0.29) is 0 Å². The van der Waals surface area contributed by atoms with Crippen molar-refractivity contribution in [2.45, 2.75) is 44.6 Å². The second kappa shape index (κ2) is 5.94. The van der Waals surface area contributed by atoms with Gasteiger partial charge >= 0.3 is 0 Å². The Morgan fingerprint density at radius 1 is 1.25 bits per heavy atom. The molecule has 1 aliphatic rings. The first-order valence-corrected chi connectivity index (χ1v) is 6.34. The SMILES string of the molecule is CNC(CC1CCCCC1)c1ncccn1. The van der Waals surface area contributed by atoms with Crippen molar-refractivity contribution in [3.63, 3.8) is 0 Å². The lowest BCUT2D eigenvalue weighted by molar-refractivity contribution is 0.301. The zero-order valence-corrected chi connectivity index (χ0v) is 10.0. The summed E-state index contributed by atoms with van der Waals surface area (Å²) in [7, 11) is 2.00. The maximum absolute atomic E-state index is 4.34. The van der Waals surface area contributed by atoms with Gasteiger partial charge in [0.2, 0.25) is 0 Å². The summed E-state index contributed by atoms with van der Waals surface area (Å²) in [6, 6.07) is 2.20. The smallest absolute Gasteiger partial charge is 0.145 e. The highest BCUT2D eigenvalue weighted by Gasteiger charge is 2.20. The van der Waals surface area contributed by atoms with E-state index in [1.54, 1.807) is 0 Å². The average Bonchev–Trinajstić information content (AvgIpc) is 2.38. The van der Waals surface area contributed by atoms with Crippen molar-refractivity contribution in [2.75, 3.05) is 7.05 Å². The molecule has 0 bridgehead atoms. The normalized spacial score (nSPS) is 19.6. The van der Waals surface area contributed by atoms with Gasteiger partial charge in [-0.3, -0.25) is 0 Å². The van der Waals surface area contributed by atoms with Crippen LogP contribution in [0.15, 0.2) is 18.5 Å². The molecule has 0 amide bonds. The summed E-state index contributed by atoms with van der Waals surface area (Å²) in [5.41, 5.74) is 0. The lowest BCUT2D eigenvalue weighted by atomic mass is 9.84. The van der Waals surface area contributed by atoms with E-state index >= 15 is 0 Å². The molecule has 0 aliphatic heterocycles. The Balaban J connectivity index is 1.94. The highest BCUT2D eigenvalue weighted by Crippen LogP contribution is 2.30. The number of hydrogen-bond donors (Lipinski definition) is 1. The lowest BCUT2D eigenvalue weighted by Gasteiger charge is -2.25. The van der Waals surface area contributed by atoms with Crippen molar-refractivity contribution in [3.8, 4) is 0 Å². The molecule has 0 radical (unpaired) electrons. The van der Waals surface area contributed by atoms with Crippen LogP contribution in [0, 0.1) is 5.92 Å². The largest absolute Gasteiger partial charge is 0.310 e. The number of nitrogens with zero attached hydrogens (tertiary/aromatic N) is 2. The van der Waals surface area contributed by atoms with Crippen molar-refractivity contribution in [2.24, 2.45) is 5.92 Å². The van der Waals surface area contributed by atoms with Gasteiger partial charge in [-0.25, -0.2) is 9.97 Å². The van der Waals surface area contributed by atoms with Gasteiger partial charge in [0.25, 0.3) is 0 Å². The summed E-state index contributed by atoms with van der Waals surface area (Å²) in [6.07, 6.45) is 11.8. The van der Waals surface area contributed by atoms with Crippen molar-refractivity contribution in [1.29, 1.82) is 0 Å². The Labute approximate surface area is 97.7 Å². The van der Waals surface area contributed by atoms with Crippen LogP contribution < -0.4 is 5.32 Å². The van der Waals surface area contributed by atoms with Crippen LogP contribution in [-0.4, -0.2) is 17.0 Å². The van der Waals surface area contributed by atoms with Gasteiger partial charge in [0, 0.05) is 12.4 Å². The quantitative estimate of drug-likeness (QED) is 0.846. The van der Waals surface area contributed by atoms with Crippen molar-refractivity contribution in [3.05, 3.63) is 24.3 Å². The Kier molecular flexibility index (Phi) is 4.28. The highest BCUT2D eigenvalue weighted by atomic mass is 15.0. The Bertz CT molecular complexity index is 293. The highest BCUT2D eigenvalue weighted by molar-refractivity contribution is 4.96. The van der Waals surface area contributed by atoms with E-state index in [0.717, 1.165) is 11.7 Å². The average molecular weight is 219 g/mol. The van der Waals surface area contributed by atoms with Crippen LogP contribution in [0.1, 0.15) is 50.4 Å². The zero-order chi connectivity index (χ0) is 11.2. The van der Waals surface area contributed by atoms with Gasteiger partial charge in [-0.1, -0.05) is 32.1 Å². The molecule has 0 saturated heterocycles. The van der Waals surface area contributed by atoms with Crippen molar-refractivity contribution < 1.29 is 0 Å². The standard InChI is InChI=1S/C13H21N3/c1-14-12(13-15-8-5-9-16-13)10-11-6-3-2-4-7-11/h5,8-9,11-12,14H,2-4,6-7,10H2,1H3. The van der Waals surface area contributed by atoms with E-state index in [1.807, 2.05) is 25.5 Å². The monoisotopic (exact) mass is 219 g/mol. The summed E-state index contributed by atoms with van der Waals surface area (Å²) in [6.45, 7) is 0. The third-order valence-corrected chi connectivity index (χ3v) is 3.54. The number of aromatic nitrogens is 2. The predicted molar refractivity (Wildman–Crippen MR) is 65.0 cm³/mol. The van der Waals surface area contributed by atoms with Crippen molar-refractivity contribution >= 4 is 0 Å². The molecule has 1 aromatic heterocycles. The van der Waals surface area contributed by atoms with Gasteiger partial charge < -0.3 is 5.32 Å². The van der Waals surface area contributed by atoms with Gasteiger partial charge in [0.15, 0.2) is 0 Å². The summed E-state index contributed by atoms with van der Waals surface area (Å²) >= 11 is 0. The molecule has 0 spiro atoms. The molecule has 1 aliphatic carbocycles. The molecule has 1 atom stereocenters. The van der Waals surface area contributed by atoms with Gasteiger partial charge in [-0.15, -0.1) is 0 Å². The van der Waals surface area contributed by atoms with Crippen molar-refractivity contribution in [1.82, 2.24) is 15.3 Å². The zero-order valence-electron chi connectivity index (χ0n) is 10.0. The first kappa shape index (κ1) is 11.5. The van der Waals surface area contributed by atoms with Crippen LogP contribution in [0.4, 0.5) is 0 Å². The van der Waals surface area contributed by atoms with Crippen LogP contribution in [0.5, 0.6) is 0 Å². The van der Waals surface area contributed by atoms with E-state index in [9.17, 15) is 0 Å². The fourth-order valence-corrected chi connectivity index (χ4v) is 2.60. The van der Waals surface area contributed by atoms with Crippen LogP contribution in [0.25, 0.3) is 0 Å². The summed E-state index contributed by atoms with van der Waals surface area (Å²) < 4.78 is 0. The topological polar surface area (TPSA) is 37.8 Å². The van der Waals surface area contributed by atoms with Crippen LogP contribution >= 0.6 is 0 Å². The summed E-state index contributed by atoms with van der Waals surface area (Å²) in [5, 5.41) is 3.34. The molecule has 3 heteroatoms. The molecule has 1 saturated carbocycles. The second-order valence-electron chi connectivity index (χ2n) is 4.69. The minimum atomic E-state index is 0.323. The van der Waals surface area contributed by atoms with Crippen LogP contribution in [0.2, 0.25) is 0 Å². The third kappa shape index (κ3) is 3.01.